The van der Waals surface area contributed by atoms with Gasteiger partial charge < -0.3 is 9.72 Å². The number of benzene rings is 1. The van der Waals surface area contributed by atoms with Crippen LogP contribution in [0.3, 0.4) is 0 Å². The molecule has 124 valence electrons. The van der Waals surface area contributed by atoms with Crippen molar-refractivity contribution < 1.29 is 4.74 Å². The fraction of sp³-hybridized carbons (Fsp3) is 0.368. The maximum Gasteiger partial charge on any atom is 0.266 e. The van der Waals surface area contributed by atoms with Gasteiger partial charge in [0.05, 0.1) is 0 Å². The van der Waals surface area contributed by atoms with E-state index in [-0.39, 0.29) is 11.1 Å². The molecule has 0 spiro atoms. The number of aromatic amines is 1. The molecule has 24 heavy (non-hydrogen) atoms. The van der Waals surface area contributed by atoms with Crippen molar-refractivity contribution in [3.63, 3.8) is 0 Å². The molecule has 1 aromatic heterocycles. The third kappa shape index (κ3) is 3.66. The Balaban J connectivity index is 1.70. The lowest BCUT2D eigenvalue weighted by Gasteiger charge is -2.15. The van der Waals surface area contributed by atoms with Crippen LogP contribution in [0.4, 0.5) is 0 Å². The fourth-order valence-corrected chi connectivity index (χ4v) is 3.06. The Bertz CT molecular complexity index is 797. The van der Waals surface area contributed by atoms with Gasteiger partial charge in [0, 0.05) is 17.8 Å². The summed E-state index contributed by atoms with van der Waals surface area (Å²) in [6, 6.07) is 11.4. The van der Waals surface area contributed by atoms with Gasteiger partial charge in [-0.25, -0.2) is 0 Å². The average Bonchev–Trinajstić information content (AvgIpc) is 3.08. The first-order chi connectivity index (χ1) is 11.7. The molecule has 0 radical (unpaired) electrons. The van der Waals surface area contributed by atoms with Gasteiger partial charge in [0.15, 0.2) is 0 Å². The minimum atomic E-state index is -0.349. The number of aryl methyl sites for hydroxylation is 1. The van der Waals surface area contributed by atoms with Crippen LogP contribution >= 0.6 is 0 Å². The van der Waals surface area contributed by atoms with Crippen molar-refractivity contribution in [1.82, 2.24) is 9.88 Å². The first-order valence-electron chi connectivity index (χ1n) is 8.27. The largest absolute Gasteiger partial charge is 0.492 e. The van der Waals surface area contributed by atoms with Crippen LogP contribution in [0.15, 0.2) is 35.1 Å². The van der Waals surface area contributed by atoms with E-state index in [2.05, 4.69) is 9.88 Å². The predicted octanol–water partition coefficient (Wildman–Crippen LogP) is 2.70. The summed E-state index contributed by atoms with van der Waals surface area (Å²) in [4.78, 5) is 17.0. The van der Waals surface area contributed by atoms with Crippen LogP contribution in [0.1, 0.15) is 24.1 Å². The number of hydrogen-bond acceptors (Lipinski definition) is 4. The molecule has 1 N–H and O–H groups in total. The minimum Gasteiger partial charge on any atom is -0.492 e. The quantitative estimate of drug-likeness (QED) is 0.918. The van der Waals surface area contributed by atoms with Gasteiger partial charge in [0.2, 0.25) is 0 Å². The molecular formula is C19H21N3O2. The van der Waals surface area contributed by atoms with Gasteiger partial charge in [-0.3, -0.25) is 9.69 Å². The van der Waals surface area contributed by atoms with Gasteiger partial charge in [0.1, 0.15) is 24.0 Å². The van der Waals surface area contributed by atoms with E-state index < -0.39 is 0 Å². The van der Waals surface area contributed by atoms with E-state index >= 15 is 0 Å². The molecule has 5 heteroatoms. The standard InChI is InChI=1S/C19H21N3O2/c1-14-12-17(18(13-20)19(23)21-14)15-4-6-16(7-5-15)24-11-10-22-8-2-3-9-22/h4-7,12H,2-3,8-11H2,1H3,(H,21,23). The zero-order chi connectivity index (χ0) is 16.9. The first-order valence-corrected chi connectivity index (χ1v) is 8.27. The molecule has 1 aliphatic rings. The normalized spacial score (nSPS) is 14.5. The van der Waals surface area contributed by atoms with E-state index in [1.807, 2.05) is 43.3 Å². The zero-order valence-electron chi connectivity index (χ0n) is 13.8. The van der Waals surface area contributed by atoms with E-state index in [1.165, 1.54) is 25.9 Å². The first kappa shape index (κ1) is 16.3. The summed E-state index contributed by atoms with van der Waals surface area (Å²) in [5.41, 5.74) is 2.02. The van der Waals surface area contributed by atoms with Gasteiger partial charge in [-0.2, -0.15) is 5.26 Å². The second-order valence-corrected chi connectivity index (χ2v) is 6.10. The van der Waals surface area contributed by atoms with Gasteiger partial charge >= 0.3 is 0 Å². The monoisotopic (exact) mass is 323 g/mol. The Morgan fingerprint density at radius 1 is 1.25 bits per heavy atom. The van der Waals surface area contributed by atoms with Gasteiger partial charge in [-0.15, -0.1) is 0 Å². The summed E-state index contributed by atoms with van der Waals surface area (Å²) in [6.07, 6.45) is 2.57. The molecule has 1 saturated heterocycles. The summed E-state index contributed by atoms with van der Waals surface area (Å²) in [7, 11) is 0. The SMILES string of the molecule is Cc1cc(-c2ccc(OCCN3CCCC3)cc2)c(C#N)c(=O)[nH]1. The van der Waals surface area contributed by atoms with E-state index in [1.54, 1.807) is 0 Å². The van der Waals surface area contributed by atoms with Crippen molar-refractivity contribution in [1.29, 1.82) is 5.26 Å². The molecule has 0 amide bonds. The summed E-state index contributed by atoms with van der Waals surface area (Å²) in [5, 5.41) is 9.23. The number of nitrogens with one attached hydrogen (secondary N) is 1. The molecule has 3 rings (SSSR count). The van der Waals surface area contributed by atoms with Crippen LogP contribution in [-0.4, -0.2) is 36.1 Å². The highest BCUT2D eigenvalue weighted by Crippen LogP contribution is 2.24. The van der Waals surface area contributed by atoms with Crippen molar-refractivity contribution in [2.45, 2.75) is 19.8 Å². The van der Waals surface area contributed by atoms with Crippen molar-refractivity contribution in [3.05, 3.63) is 51.9 Å². The number of nitriles is 1. The molecule has 2 heterocycles. The Hall–Kier alpha value is -2.58. The van der Waals surface area contributed by atoms with Crippen LogP contribution in [0, 0.1) is 18.3 Å². The molecule has 1 aromatic carbocycles. The molecule has 0 atom stereocenters. The summed E-state index contributed by atoms with van der Waals surface area (Å²) >= 11 is 0. The maximum atomic E-state index is 11.9. The number of pyridine rings is 1. The molecule has 5 nitrogen and oxygen atoms in total. The smallest absolute Gasteiger partial charge is 0.266 e. The molecule has 1 fully saturated rings. The Morgan fingerprint density at radius 3 is 2.62 bits per heavy atom. The fourth-order valence-electron chi connectivity index (χ4n) is 3.06. The number of ether oxygens (including phenoxy) is 1. The van der Waals surface area contributed by atoms with Crippen molar-refractivity contribution in [2.75, 3.05) is 26.2 Å². The van der Waals surface area contributed by atoms with E-state index in [0.29, 0.717) is 12.2 Å². The number of likely N-dealkylation sites (tertiary alicyclic amines) is 1. The van der Waals surface area contributed by atoms with E-state index in [9.17, 15) is 10.1 Å². The second-order valence-electron chi connectivity index (χ2n) is 6.10. The lowest BCUT2D eigenvalue weighted by atomic mass is 10.0. The van der Waals surface area contributed by atoms with Crippen LogP contribution in [0.5, 0.6) is 5.75 Å². The van der Waals surface area contributed by atoms with Crippen LogP contribution in [-0.2, 0) is 0 Å². The van der Waals surface area contributed by atoms with Gasteiger partial charge in [0.25, 0.3) is 5.56 Å². The molecule has 0 saturated carbocycles. The zero-order valence-corrected chi connectivity index (χ0v) is 13.8. The molecule has 0 bridgehead atoms. The number of rotatable bonds is 5. The Labute approximate surface area is 141 Å². The Kier molecular flexibility index (Phi) is 4.97. The van der Waals surface area contributed by atoms with Crippen LogP contribution < -0.4 is 10.3 Å². The number of aromatic nitrogens is 1. The van der Waals surface area contributed by atoms with Crippen LogP contribution in [0.2, 0.25) is 0 Å². The van der Waals surface area contributed by atoms with Gasteiger partial charge in [-0.1, -0.05) is 12.1 Å². The summed E-state index contributed by atoms with van der Waals surface area (Å²) in [5.74, 6) is 0.804. The highest BCUT2D eigenvalue weighted by atomic mass is 16.5. The molecule has 0 unspecified atom stereocenters. The van der Waals surface area contributed by atoms with Crippen molar-refractivity contribution in [3.8, 4) is 22.9 Å². The van der Waals surface area contributed by atoms with E-state index in [0.717, 1.165) is 23.6 Å². The third-order valence-electron chi connectivity index (χ3n) is 4.32. The number of nitrogens with zero attached hydrogens (tertiary/aromatic N) is 2. The van der Waals surface area contributed by atoms with Crippen LogP contribution in [0.25, 0.3) is 11.1 Å². The maximum absolute atomic E-state index is 11.9. The topological polar surface area (TPSA) is 69.1 Å². The third-order valence-corrected chi connectivity index (χ3v) is 4.32. The molecule has 0 aliphatic carbocycles. The number of hydrogen-bond donors (Lipinski definition) is 1. The lowest BCUT2D eigenvalue weighted by molar-refractivity contribution is 0.238. The predicted molar refractivity (Wildman–Crippen MR) is 93.1 cm³/mol. The van der Waals surface area contributed by atoms with Gasteiger partial charge in [-0.05, 0) is 56.6 Å². The van der Waals surface area contributed by atoms with E-state index in [4.69, 9.17) is 4.74 Å². The summed E-state index contributed by atoms with van der Waals surface area (Å²) in [6.45, 7) is 5.77. The lowest BCUT2D eigenvalue weighted by Crippen LogP contribution is -2.25. The second kappa shape index (κ2) is 7.33. The Morgan fingerprint density at radius 2 is 1.96 bits per heavy atom. The van der Waals surface area contributed by atoms with Crippen molar-refractivity contribution >= 4 is 0 Å². The minimum absolute atomic E-state index is 0.142. The van der Waals surface area contributed by atoms with Crippen molar-refractivity contribution in [2.24, 2.45) is 0 Å². The molecule has 2 aromatic rings. The summed E-state index contributed by atoms with van der Waals surface area (Å²) < 4.78 is 5.79. The molecular weight excluding hydrogens is 302 g/mol. The molecule has 1 aliphatic heterocycles. The average molecular weight is 323 g/mol. The highest BCUT2D eigenvalue weighted by Gasteiger charge is 2.12. The highest BCUT2D eigenvalue weighted by molar-refractivity contribution is 5.70. The number of H-pyrrole nitrogens is 1.